The highest BCUT2D eigenvalue weighted by molar-refractivity contribution is 5.69. The number of allylic oxidation sites excluding steroid dienone is 8. The maximum atomic E-state index is 11.6. The maximum absolute atomic E-state index is 11.6. The first-order chi connectivity index (χ1) is 37.0. The van der Waals surface area contributed by atoms with Gasteiger partial charge in [-0.2, -0.15) is 0 Å². The molecule has 0 aliphatic heterocycles. The van der Waals surface area contributed by atoms with Crippen LogP contribution in [0.2, 0.25) is 0 Å². The van der Waals surface area contributed by atoms with Crippen LogP contribution in [-0.2, 0) is 28.6 Å². The van der Waals surface area contributed by atoms with Gasteiger partial charge in [-0.3, -0.25) is 14.4 Å². The number of hydrogen-bond acceptors (Lipinski definition) is 9. The lowest BCUT2D eigenvalue weighted by Gasteiger charge is -2.09. The molecule has 0 aromatic carbocycles. The van der Waals surface area contributed by atoms with Gasteiger partial charge in [0.2, 0.25) is 0 Å². The molecule has 3 aliphatic rings. The Bertz CT molecular complexity index is 1440. The number of rotatable bonds is 48. The summed E-state index contributed by atoms with van der Waals surface area (Å²) in [6, 6.07) is 0. The van der Waals surface area contributed by atoms with Gasteiger partial charge in [0.25, 0.3) is 0 Å². The molecule has 3 atom stereocenters. The monoisotopic (exact) mass is 1070 g/mol. The molecular weight excluding hydrogens is 943 g/mol. The van der Waals surface area contributed by atoms with E-state index in [-0.39, 0.29) is 17.9 Å². The fourth-order valence-corrected chi connectivity index (χ4v) is 10.3. The van der Waals surface area contributed by atoms with Crippen LogP contribution in [0.15, 0.2) is 48.6 Å². The van der Waals surface area contributed by atoms with Crippen molar-refractivity contribution in [3.8, 4) is 0 Å². The molecule has 0 aromatic rings. The predicted octanol–water partition coefficient (Wildman–Crippen LogP) is 17.4. The summed E-state index contributed by atoms with van der Waals surface area (Å²) < 4.78 is 15.7. The molecule has 9 nitrogen and oxygen atoms in total. The number of nitrogens with zero attached hydrogens (tertiary/aromatic N) is 3. The zero-order valence-corrected chi connectivity index (χ0v) is 50.9. The molecule has 0 bridgehead atoms. The number of carbonyl (C=O) groups is 3. The largest absolute Gasteiger partial charge is 0.466 e. The van der Waals surface area contributed by atoms with E-state index in [0.29, 0.717) is 39.1 Å². The van der Waals surface area contributed by atoms with Crippen molar-refractivity contribution >= 4 is 17.9 Å². The highest BCUT2D eigenvalue weighted by atomic mass is 16.5. The maximum Gasteiger partial charge on any atom is 0.305 e. The summed E-state index contributed by atoms with van der Waals surface area (Å²) in [6.45, 7) is 4.60. The highest BCUT2D eigenvalue weighted by Gasteiger charge is 2.11. The Labute approximate surface area is 470 Å². The molecule has 0 saturated heterocycles. The van der Waals surface area contributed by atoms with Crippen LogP contribution in [-0.4, -0.2) is 114 Å². The van der Waals surface area contributed by atoms with Crippen molar-refractivity contribution in [3.05, 3.63) is 48.6 Å². The third-order valence-electron chi connectivity index (χ3n) is 15.2. The number of esters is 3. The molecule has 0 radical (unpaired) electrons. The van der Waals surface area contributed by atoms with Crippen LogP contribution >= 0.6 is 0 Å². The minimum Gasteiger partial charge on any atom is -0.466 e. The fourth-order valence-electron chi connectivity index (χ4n) is 10.3. The van der Waals surface area contributed by atoms with E-state index in [1.807, 2.05) is 42.3 Å². The number of unbranched alkanes of at least 4 members (excludes halogenated alkanes) is 22. The van der Waals surface area contributed by atoms with E-state index in [0.717, 1.165) is 88.8 Å². The van der Waals surface area contributed by atoms with Crippen molar-refractivity contribution in [2.45, 2.75) is 263 Å². The van der Waals surface area contributed by atoms with E-state index in [4.69, 9.17) is 14.2 Å². The molecule has 0 fully saturated rings. The zero-order valence-electron chi connectivity index (χ0n) is 50.9. The highest BCUT2D eigenvalue weighted by Crippen LogP contribution is 2.25. The second kappa shape index (κ2) is 54.2. The van der Waals surface area contributed by atoms with Gasteiger partial charge < -0.3 is 28.9 Å². The second-order valence-corrected chi connectivity index (χ2v) is 23.6. The number of ether oxygens (including phenoxy) is 3. The van der Waals surface area contributed by atoms with Crippen molar-refractivity contribution < 1.29 is 28.6 Å². The van der Waals surface area contributed by atoms with Crippen molar-refractivity contribution in [1.82, 2.24) is 14.7 Å². The van der Waals surface area contributed by atoms with Crippen LogP contribution in [0.5, 0.6) is 0 Å². The van der Waals surface area contributed by atoms with Gasteiger partial charge >= 0.3 is 17.9 Å². The first-order valence-electron chi connectivity index (χ1n) is 32.1. The molecule has 3 aliphatic carbocycles. The molecule has 0 saturated carbocycles. The summed E-state index contributed by atoms with van der Waals surface area (Å²) in [5.74, 6) is 2.58. The molecular formula is C67H123N3O6. The van der Waals surface area contributed by atoms with E-state index >= 15 is 0 Å². The Morgan fingerprint density at radius 2 is 0.605 bits per heavy atom. The Hall–Kier alpha value is -2.75. The molecule has 0 heterocycles. The van der Waals surface area contributed by atoms with Gasteiger partial charge in [0.15, 0.2) is 0 Å². The van der Waals surface area contributed by atoms with Crippen LogP contribution < -0.4 is 0 Å². The van der Waals surface area contributed by atoms with E-state index in [9.17, 15) is 14.4 Å². The van der Waals surface area contributed by atoms with Gasteiger partial charge in [-0.05, 0) is 182 Å². The quantitative estimate of drug-likeness (QED) is 0.0256. The third-order valence-corrected chi connectivity index (χ3v) is 15.2. The van der Waals surface area contributed by atoms with Crippen LogP contribution in [0.4, 0.5) is 0 Å². The van der Waals surface area contributed by atoms with Gasteiger partial charge in [-0.15, -0.1) is 0 Å². The summed E-state index contributed by atoms with van der Waals surface area (Å²) in [6.07, 6.45) is 68.8. The molecule has 0 N–H and O–H groups in total. The van der Waals surface area contributed by atoms with Gasteiger partial charge in [0, 0.05) is 38.9 Å². The summed E-state index contributed by atoms with van der Waals surface area (Å²) >= 11 is 0. The smallest absolute Gasteiger partial charge is 0.305 e. The molecule has 9 heteroatoms. The number of carbonyl (C=O) groups excluding carboxylic acids is 3. The minimum atomic E-state index is -0.0409. The topological polar surface area (TPSA) is 88.6 Å². The SMILES string of the molecule is CN(C)CCCOC(=O)CCCC/C=C/CCCCCC[C@H]1C=CCC1.CN(C)CCCOC(=O)CCCCCCCCCCCC[C@H]1C=CCC1.CN(C)CCCOC(=O)CCCCCCCCCC[C@H]1C=CCC1. The lowest BCUT2D eigenvalue weighted by atomic mass is 9.99. The van der Waals surface area contributed by atoms with E-state index in [1.165, 1.54) is 193 Å². The number of hydrogen-bond donors (Lipinski definition) is 0. The molecule has 0 amide bonds. The van der Waals surface area contributed by atoms with Gasteiger partial charge in [0.05, 0.1) is 19.8 Å². The molecule has 0 spiro atoms. The molecule has 0 aromatic heterocycles. The summed E-state index contributed by atoms with van der Waals surface area (Å²) in [5.41, 5.74) is 0. The average molecular weight is 1070 g/mol. The van der Waals surface area contributed by atoms with Crippen molar-refractivity contribution in [2.75, 3.05) is 81.7 Å². The van der Waals surface area contributed by atoms with Crippen LogP contribution in [0.25, 0.3) is 0 Å². The van der Waals surface area contributed by atoms with Crippen LogP contribution in [0, 0.1) is 17.8 Å². The Morgan fingerprint density at radius 3 is 0.882 bits per heavy atom. The van der Waals surface area contributed by atoms with Gasteiger partial charge in [-0.1, -0.05) is 171 Å². The summed E-state index contributed by atoms with van der Waals surface area (Å²) in [5, 5.41) is 0. The van der Waals surface area contributed by atoms with E-state index in [2.05, 4.69) is 63.3 Å². The van der Waals surface area contributed by atoms with Crippen molar-refractivity contribution in [3.63, 3.8) is 0 Å². The van der Waals surface area contributed by atoms with Crippen molar-refractivity contribution in [2.24, 2.45) is 17.8 Å². The first-order valence-corrected chi connectivity index (χ1v) is 32.1. The zero-order chi connectivity index (χ0) is 55.2. The van der Waals surface area contributed by atoms with Crippen LogP contribution in [0.3, 0.4) is 0 Å². The first kappa shape index (κ1) is 71.3. The lowest BCUT2D eigenvalue weighted by Crippen LogP contribution is -2.16. The van der Waals surface area contributed by atoms with Gasteiger partial charge in [-0.25, -0.2) is 0 Å². The van der Waals surface area contributed by atoms with Crippen molar-refractivity contribution in [1.29, 1.82) is 0 Å². The minimum absolute atomic E-state index is 0.0168. The Morgan fingerprint density at radius 1 is 0.355 bits per heavy atom. The molecule has 3 rings (SSSR count). The predicted molar refractivity (Wildman–Crippen MR) is 325 cm³/mol. The normalized spacial score (nSPS) is 16.7. The fraction of sp³-hybridized carbons (Fsp3) is 0.836. The van der Waals surface area contributed by atoms with E-state index < -0.39 is 0 Å². The molecule has 442 valence electrons. The lowest BCUT2D eigenvalue weighted by molar-refractivity contribution is -0.144. The molecule has 76 heavy (non-hydrogen) atoms. The Kier molecular flexibility index (Phi) is 50.8. The second-order valence-electron chi connectivity index (χ2n) is 23.6. The standard InChI is InChI=1S/C23H43NO2.C23H41NO2.C21H39NO2/c2*1-24(2)20-15-21-26-23(25)19-12-10-8-6-4-3-5-7-9-11-16-22-17-13-14-18-22;1-22(2)18-13-19-24-21(23)17-10-8-6-4-3-5-7-9-14-20-15-11-12-16-20/h13,17,22H,3-12,14-16,18-21H2,1-2H3;4,6,13,17,22H,3,5,7-12,14-16,18-21H2,1-2H3;11,15,20H,3-10,12-14,16-19H2,1-2H3/b;6-4+;/t2*22-;20-/m000/s1. The summed E-state index contributed by atoms with van der Waals surface area (Å²) in [7, 11) is 12.2. The molecule has 0 unspecified atom stereocenters. The Balaban J connectivity index is 0.000000571. The average Bonchev–Trinajstić information content (AvgIpc) is 4.24. The van der Waals surface area contributed by atoms with Crippen LogP contribution in [0.1, 0.15) is 263 Å². The van der Waals surface area contributed by atoms with E-state index in [1.54, 1.807) is 0 Å². The van der Waals surface area contributed by atoms with Gasteiger partial charge in [0.1, 0.15) is 0 Å². The summed E-state index contributed by atoms with van der Waals surface area (Å²) in [4.78, 5) is 41.1. The third kappa shape index (κ3) is 52.0.